The average molecular weight is 442 g/mol. The number of fused-ring (bicyclic) bond motifs is 1. The molecule has 0 bridgehead atoms. The van der Waals surface area contributed by atoms with Crippen molar-refractivity contribution in [2.24, 2.45) is 5.41 Å². The number of benzene rings is 1. The summed E-state index contributed by atoms with van der Waals surface area (Å²) in [5.41, 5.74) is 0.300. The minimum Gasteiger partial charge on any atom is -0.481 e. The maximum atomic E-state index is 13.2. The smallest absolute Gasteiger partial charge is 0.341 e. The van der Waals surface area contributed by atoms with E-state index in [0.717, 1.165) is 5.56 Å². The van der Waals surface area contributed by atoms with Gasteiger partial charge in [-0.3, -0.25) is 4.79 Å². The van der Waals surface area contributed by atoms with Crippen molar-refractivity contribution in [3.8, 4) is 5.88 Å². The van der Waals surface area contributed by atoms with E-state index in [-0.39, 0.29) is 23.5 Å². The standard InChI is InChI=1S/C24H27FN2O5/c1-24(2,3)19(13-28)27-12-18(23(30)31)20(29)17-11-15(22(32-4)26-21(17)27)8-5-14-6-9-16(25)10-7-14/h6-7,9-12,19,28H,5,8,13H2,1-4H3,(H,30,31)/t19-/m1/s1. The number of carboxylic acids is 1. The predicted octanol–water partition coefficient (Wildman–Crippen LogP) is 3.61. The fourth-order valence-corrected chi connectivity index (χ4v) is 3.75. The Morgan fingerprint density at radius 3 is 2.41 bits per heavy atom. The number of halogens is 1. The van der Waals surface area contributed by atoms with Crippen molar-refractivity contribution >= 4 is 17.0 Å². The lowest BCUT2D eigenvalue weighted by atomic mass is 9.86. The first-order valence-corrected chi connectivity index (χ1v) is 10.3. The number of carboxylic acid groups (broad SMARTS) is 1. The van der Waals surface area contributed by atoms with Gasteiger partial charge in [-0.2, -0.15) is 4.98 Å². The van der Waals surface area contributed by atoms with Crippen molar-refractivity contribution in [3.05, 3.63) is 69.3 Å². The minimum atomic E-state index is -1.35. The number of aliphatic hydroxyl groups excluding tert-OH is 1. The molecule has 0 saturated carbocycles. The molecule has 2 N–H and O–H groups in total. The third kappa shape index (κ3) is 4.65. The van der Waals surface area contributed by atoms with Gasteiger partial charge < -0.3 is 19.5 Å². The van der Waals surface area contributed by atoms with E-state index >= 15 is 0 Å². The number of aromatic carboxylic acids is 1. The van der Waals surface area contributed by atoms with Gasteiger partial charge >= 0.3 is 5.97 Å². The molecular formula is C24H27FN2O5. The highest BCUT2D eigenvalue weighted by molar-refractivity contribution is 5.92. The third-order valence-corrected chi connectivity index (χ3v) is 5.57. The van der Waals surface area contributed by atoms with Gasteiger partial charge in [0, 0.05) is 11.8 Å². The van der Waals surface area contributed by atoms with E-state index in [0.29, 0.717) is 24.3 Å². The van der Waals surface area contributed by atoms with Crippen LogP contribution in [0.4, 0.5) is 4.39 Å². The molecule has 0 spiro atoms. The molecule has 0 radical (unpaired) electrons. The lowest BCUT2D eigenvalue weighted by molar-refractivity contribution is 0.0692. The quantitative estimate of drug-likeness (QED) is 0.580. The Morgan fingerprint density at radius 2 is 1.88 bits per heavy atom. The Labute approximate surface area is 185 Å². The van der Waals surface area contributed by atoms with Gasteiger partial charge in [0.05, 0.1) is 25.1 Å². The summed E-state index contributed by atoms with van der Waals surface area (Å²) in [6.07, 6.45) is 2.25. The van der Waals surface area contributed by atoms with Crippen molar-refractivity contribution in [2.45, 2.75) is 39.7 Å². The fraction of sp³-hybridized carbons (Fsp3) is 0.375. The lowest BCUT2D eigenvalue weighted by Gasteiger charge is -2.32. The van der Waals surface area contributed by atoms with E-state index in [2.05, 4.69) is 4.98 Å². The van der Waals surface area contributed by atoms with Gasteiger partial charge in [0.1, 0.15) is 17.0 Å². The van der Waals surface area contributed by atoms with Crippen LogP contribution in [0, 0.1) is 11.2 Å². The monoisotopic (exact) mass is 442 g/mol. The first-order valence-electron chi connectivity index (χ1n) is 10.3. The molecule has 0 aliphatic carbocycles. The molecule has 0 amide bonds. The molecule has 0 unspecified atom stereocenters. The van der Waals surface area contributed by atoms with E-state index in [1.807, 2.05) is 20.8 Å². The van der Waals surface area contributed by atoms with Crippen molar-refractivity contribution in [2.75, 3.05) is 13.7 Å². The van der Waals surface area contributed by atoms with E-state index in [9.17, 15) is 24.2 Å². The molecule has 2 heterocycles. The van der Waals surface area contributed by atoms with Crippen LogP contribution in [0.2, 0.25) is 0 Å². The molecule has 8 heteroatoms. The zero-order chi connectivity index (χ0) is 23.6. The molecule has 1 aromatic carbocycles. The fourth-order valence-electron chi connectivity index (χ4n) is 3.75. The normalized spacial score (nSPS) is 12.7. The molecule has 3 aromatic rings. The summed E-state index contributed by atoms with van der Waals surface area (Å²) in [4.78, 5) is 29.3. The molecule has 2 aromatic heterocycles. The van der Waals surface area contributed by atoms with Crippen LogP contribution in [0.5, 0.6) is 5.88 Å². The molecule has 0 aliphatic heterocycles. The first kappa shape index (κ1) is 23.4. The summed E-state index contributed by atoms with van der Waals surface area (Å²) in [5, 5.41) is 19.8. The van der Waals surface area contributed by atoms with Crippen molar-refractivity contribution in [3.63, 3.8) is 0 Å². The number of methoxy groups -OCH3 is 1. The van der Waals surface area contributed by atoms with Crippen LogP contribution in [-0.2, 0) is 12.8 Å². The Kier molecular flexibility index (Phi) is 6.64. The molecule has 32 heavy (non-hydrogen) atoms. The van der Waals surface area contributed by atoms with Crippen LogP contribution in [0.3, 0.4) is 0 Å². The minimum absolute atomic E-state index is 0.141. The number of hydrogen-bond acceptors (Lipinski definition) is 5. The molecule has 0 aliphatic rings. The van der Waals surface area contributed by atoms with Crippen molar-refractivity contribution < 1.29 is 24.1 Å². The summed E-state index contributed by atoms with van der Waals surface area (Å²) in [7, 11) is 1.47. The topological polar surface area (TPSA) is 102 Å². The second-order valence-electron chi connectivity index (χ2n) is 8.80. The van der Waals surface area contributed by atoms with Gasteiger partial charge in [0.25, 0.3) is 0 Å². The highest BCUT2D eigenvalue weighted by Gasteiger charge is 2.29. The number of carbonyl (C=O) groups is 1. The number of pyridine rings is 2. The molecule has 0 saturated heterocycles. The van der Waals surface area contributed by atoms with E-state index in [1.54, 1.807) is 22.8 Å². The maximum Gasteiger partial charge on any atom is 0.341 e. The number of aromatic nitrogens is 2. The van der Waals surface area contributed by atoms with Crippen LogP contribution in [0.15, 0.2) is 41.3 Å². The maximum absolute atomic E-state index is 13.2. The summed E-state index contributed by atoms with van der Waals surface area (Å²) in [5.74, 6) is -1.36. The highest BCUT2D eigenvalue weighted by atomic mass is 19.1. The summed E-state index contributed by atoms with van der Waals surface area (Å²) < 4.78 is 20.2. The zero-order valence-corrected chi connectivity index (χ0v) is 18.6. The predicted molar refractivity (Wildman–Crippen MR) is 119 cm³/mol. The van der Waals surface area contributed by atoms with Gasteiger partial charge in [-0.15, -0.1) is 0 Å². The SMILES string of the molecule is COc1nc2c(cc1CCc1ccc(F)cc1)c(=O)c(C(=O)O)cn2[C@H](CO)C(C)(C)C. The zero-order valence-electron chi connectivity index (χ0n) is 18.6. The van der Waals surface area contributed by atoms with Crippen LogP contribution in [-0.4, -0.2) is 39.5 Å². The first-order chi connectivity index (χ1) is 15.1. The van der Waals surface area contributed by atoms with E-state index in [4.69, 9.17) is 4.74 Å². The average Bonchev–Trinajstić information content (AvgIpc) is 2.73. The largest absolute Gasteiger partial charge is 0.481 e. The van der Waals surface area contributed by atoms with Crippen LogP contribution in [0.25, 0.3) is 11.0 Å². The van der Waals surface area contributed by atoms with Gasteiger partial charge in [-0.1, -0.05) is 32.9 Å². The molecule has 3 rings (SSSR count). The number of rotatable bonds is 7. The molecule has 170 valence electrons. The van der Waals surface area contributed by atoms with Gasteiger partial charge in [0.2, 0.25) is 11.3 Å². The lowest BCUT2D eigenvalue weighted by Crippen LogP contribution is -2.31. The molecule has 1 atom stereocenters. The van der Waals surface area contributed by atoms with Gasteiger partial charge in [-0.05, 0) is 42.0 Å². The molecule has 0 fully saturated rings. The Bertz CT molecular complexity index is 1200. The summed E-state index contributed by atoms with van der Waals surface area (Å²) in [6, 6.07) is 7.20. The molecule has 7 nitrogen and oxygen atoms in total. The van der Waals surface area contributed by atoms with Crippen molar-refractivity contribution in [1.29, 1.82) is 0 Å². The van der Waals surface area contributed by atoms with Crippen LogP contribution >= 0.6 is 0 Å². The van der Waals surface area contributed by atoms with E-state index in [1.165, 1.54) is 25.4 Å². The number of aliphatic hydroxyl groups is 1. The number of nitrogens with zero attached hydrogens (tertiary/aromatic N) is 2. The Morgan fingerprint density at radius 1 is 1.22 bits per heavy atom. The van der Waals surface area contributed by atoms with Crippen LogP contribution < -0.4 is 10.2 Å². The second kappa shape index (κ2) is 9.08. The van der Waals surface area contributed by atoms with Crippen molar-refractivity contribution in [1.82, 2.24) is 9.55 Å². The molecular weight excluding hydrogens is 415 g/mol. The summed E-state index contributed by atoms with van der Waals surface area (Å²) >= 11 is 0. The van der Waals surface area contributed by atoms with Crippen LogP contribution in [0.1, 0.15) is 48.3 Å². The van der Waals surface area contributed by atoms with Gasteiger partial charge in [-0.25, -0.2) is 9.18 Å². The summed E-state index contributed by atoms with van der Waals surface area (Å²) in [6.45, 7) is 5.46. The second-order valence-corrected chi connectivity index (χ2v) is 8.80. The number of hydrogen-bond donors (Lipinski definition) is 2. The Balaban J connectivity index is 2.20. The number of ether oxygens (including phenoxy) is 1. The van der Waals surface area contributed by atoms with E-state index < -0.39 is 28.4 Å². The van der Waals surface area contributed by atoms with Gasteiger partial charge in [0.15, 0.2) is 0 Å². The third-order valence-electron chi connectivity index (χ3n) is 5.57. The highest BCUT2D eigenvalue weighted by Crippen LogP contribution is 2.33. The Hall–Kier alpha value is -3.26. The number of aryl methyl sites for hydroxylation is 2.